The minimum absolute atomic E-state index is 0.0728. The van der Waals surface area contributed by atoms with Crippen molar-refractivity contribution in [3.8, 4) is 11.5 Å². The smallest absolute Gasteiger partial charge is 0.149 e. The van der Waals surface area contributed by atoms with Gasteiger partial charge < -0.3 is 10.1 Å². The molecule has 1 N–H and O–H groups in total. The summed E-state index contributed by atoms with van der Waals surface area (Å²) in [5.74, 6) is 2.30. The van der Waals surface area contributed by atoms with E-state index in [9.17, 15) is 0 Å². The number of hydrogen-bond donors (Lipinski definition) is 1. The summed E-state index contributed by atoms with van der Waals surface area (Å²) < 4.78 is 6.00. The van der Waals surface area contributed by atoms with Gasteiger partial charge in [-0.2, -0.15) is 0 Å². The molecule has 0 aliphatic rings. The Morgan fingerprint density at radius 1 is 1.04 bits per heavy atom. The summed E-state index contributed by atoms with van der Waals surface area (Å²) in [5.41, 5.74) is 3.18. The molecule has 1 atom stereocenters. The second kappa shape index (κ2) is 8.87. The van der Waals surface area contributed by atoms with Crippen LogP contribution < -0.4 is 10.1 Å². The van der Waals surface area contributed by atoms with Crippen molar-refractivity contribution in [3.63, 3.8) is 0 Å². The molecular formula is C22H24ClN3O. The van der Waals surface area contributed by atoms with Crippen molar-refractivity contribution < 1.29 is 4.74 Å². The van der Waals surface area contributed by atoms with Gasteiger partial charge >= 0.3 is 0 Å². The van der Waals surface area contributed by atoms with Gasteiger partial charge in [0.25, 0.3) is 0 Å². The molecule has 0 saturated heterocycles. The van der Waals surface area contributed by atoms with Gasteiger partial charge in [-0.05, 0) is 49.6 Å². The van der Waals surface area contributed by atoms with Crippen molar-refractivity contribution in [2.75, 3.05) is 5.32 Å². The Labute approximate surface area is 165 Å². The first-order chi connectivity index (χ1) is 13.1. The molecule has 5 heteroatoms. The molecule has 27 heavy (non-hydrogen) atoms. The summed E-state index contributed by atoms with van der Waals surface area (Å²) in [5, 5.41) is 4.04. The van der Waals surface area contributed by atoms with E-state index in [1.807, 2.05) is 43.3 Å². The Morgan fingerprint density at radius 3 is 2.52 bits per heavy atom. The highest BCUT2D eigenvalue weighted by Crippen LogP contribution is 2.30. The van der Waals surface area contributed by atoms with Gasteiger partial charge in [0, 0.05) is 0 Å². The maximum absolute atomic E-state index is 6.44. The molecule has 0 bridgehead atoms. The first kappa shape index (κ1) is 19.2. The lowest BCUT2D eigenvalue weighted by molar-refractivity contribution is 0.481. The largest absolute Gasteiger partial charge is 0.457 e. The lowest BCUT2D eigenvalue weighted by Gasteiger charge is -2.20. The molecule has 0 amide bonds. The summed E-state index contributed by atoms with van der Waals surface area (Å²) in [6, 6.07) is 16.2. The van der Waals surface area contributed by atoms with Crippen LogP contribution in [0.2, 0.25) is 5.02 Å². The molecule has 0 saturated carbocycles. The Hall–Kier alpha value is -2.59. The number of nitrogens with one attached hydrogen (secondary N) is 1. The maximum Gasteiger partial charge on any atom is 0.149 e. The molecule has 0 radical (unpaired) electrons. The van der Waals surface area contributed by atoms with Gasteiger partial charge in [0.05, 0.1) is 11.7 Å². The summed E-state index contributed by atoms with van der Waals surface area (Å²) in [6.07, 6.45) is 3.21. The molecule has 1 heterocycles. The predicted octanol–water partition coefficient (Wildman–Crippen LogP) is 6.36. The van der Waals surface area contributed by atoms with Crippen molar-refractivity contribution in [3.05, 3.63) is 76.7 Å². The second-order valence-electron chi connectivity index (χ2n) is 6.43. The Balaban J connectivity index is 1.80. The quantitative estimate of drug-likeness (QED) is 0.517. The molecule has 2 aromatic carbocycles. The van der Waals surface area contributed by atoms with Gasteiger partial charge in [-0.25, -0.2) is 9.97 Å². The minimum Gasteiger partial charge on any atom is -0.457 e. The third-order valence-electron chi connectivity index (χ3n) is 4.43. The van der Waals surface area contributed by atoms with Crippen LogP contribution in [0.5, 0.6) is 11.5 Å². The van der Waals surface area contributed by atoms with E-state index in [2.05, 4.69) is 41.3 Å². The molecule has 140 valence electrons. The van der Waals surface area contributed by atoms with Crippen LogP contribution in [0.4, 0.5) is 5.82 Å². The highest BCUT2D eigenvalue weighted by atomic mass is 35.5. The summed E-state index contributed by atoms with van der Waals surface area (Å²) in [7, 11) is 0. The summed E-state index contributed by atoms with van der Waals surface area (Å²) in [4.78, 5) is 8.54. The van der Waals surface area contributed by atoms with Gasteiger partial charge in [0.1, 0.15) is 28.7 Å². The summed E-state index contributed by atoms with van der Waals surface area (Å²) in [6.45, 7) is 6.21. The molecule has 0 fully saturated rings. The van der Waals surface area contributed by atoms with Crippen molar-refractivity contribution in [2.45, 2.75) is 39.7 Å². The van der Waals surface area contributed by atoms with Gasteiger partial charge in [0.15, 0.2) is 0 Å². The molecule has 1 aromatic heterocycles. The van der Waals surface area contributed by atoms with Gasteiger partial charge in [-0.1, -0.05) is 55.3 Å². The van der Waals surface area contributed by atoms with E-state index in [1.54, 1.807) is 6.33 Å². The second-order valence-corrected chi connectivity index (χ2v) is 6.81. The third-order valence-corrected chi connectivity index (χ3v) is 4.83. The number of rotatable bonds is 7. The molecule has 0 aliphatic heterocycles. The number of aryl methyl sites for hydroxylation is 2. The van der Waals surface area contributed by atoms with Gasteiger partial charge in [-0.15, -0.1) is 0 Å². The molecule has 0 aliphatic carbocycles. The van der Waals surface area contributed by atoms with Crippen LogP contribution in [0.3, 0.4) is 0 Å². The van der Waals surface area contributed by atoms with Crippen molar-refractivity contribution in [1.29, 1.82) is 0 Å². The van der Waals surface area contributed by atoms with Crippen LogP contribution in [0.15, 0.2) is 54.9 Å². The number of ether oxygens (including phenoxy) is 1. The Morgan fingerprint density at radius 2 is 1.81 bits per heavy atom. The van der Waals surface area contributed by atoms with E-state index in [0.717, 1.165) is 35.6 Å². The maximum atomic E-state index is 6.44. The first-order valence-electron chi connectivity index (χ1n) is 9.21. The van der Waals surface area contributed by atoms with E-state index in [-0.39, 0.29) is 6.04 Å². The number of aromatic nitrogens is 2. The average Bonchev–Trinajstić information content (AvgIpc) is 2.69. The monoisotopic (exact) mass is 381 g/mol. The normalized spacial score (nSPS) is 11.9. The van der Waals surface area contributed by atoms with Crippen LogP contribution in [0.1, 0.15) is 43.1 Å². The fourth-order valence-corrected chi connectivity index (χ4v) is 3.16. The number of halogens is 1. The van der Waals surface area contributed by atoms with E-state index < -0.39 is 0 Å². The molecule has 3 aromatic rings. The summed E-state index contributed by atoms with van der Waals surface area (Å²) >= 11 is 6.44. The zero-order valence-electron chi connectivity index (χ0n) is 15.9. The standard InChI is InChI=1S/C22H24ClN3O/c1-4-19(26-22-21(23)20(5-2)24-14-25-22)16-7-6-8-18(13-16)27-17-11-9-15(3)10-12-17/h6-14,19H,4-5H2,1-3H3,(H,24,25,26). The SMILES string of the molecule is CCc1ncnc(NC(CC)c2cccc(Oc3ccc(C)cc3)c2)c1Cl. The number of anilines is 1. The average molecular weight is 382 g/mol. The van der Waals surface area contributed by atoms with Crippen molar-refractivity contribution >= 4 is 17.4 Å². The van der Waals surface area contributed by atoms with Gasteiger partial charge in [0.2, 0.25) is 0 Å². The Kier molecular flexibility index (Phi) is 6.30. The van der Waals surface area contributed by atoms with Crippen LogP contribution in [0.25, 0.3) is 0 Å². The Bertz CT molecular complexity index is 896. The van der Waals surface area contributed by atoms with E-state index in [4.69, 9.17) is 16.3 Å². The van der Waals surface area contributed by atoms with Crippen molar-refractivity contribution in [1.82, 2.24) is 9.97 Å². The zero-order chi connectivity index (χ0) is 19.2. The van der Waals surface area contributed by atoms with Crippen LogP contribution in [0, 0.1) is 6.92 Å². The highest BCUT2D eigenvalue weighted by Gasteiger charge is 2.15. The van der Waals surface area contributed by atoms with Crippen LogP contribution >= 0.6 is 11.6 Å². The number of benzene rings is 2. The third kappa shape index (κ3) is 4.77. The molecule has 4 nitrogen and oxygen atoms in total. The van der Waals surface area contributed by atoms with E-state index in [0.29, 0.717) is 10.8 Å². The first-order valence-corrected chi connectivity index (χ1v) is 9.58. The van der Waals surface area contributed by atoms with Gasteiger partial charge in [-0.3, -0.25) is 0 Å². The minimum atomic E-state index is 0.0728. The van der Waals surface area contributed by atoms with E-state index >= 15 is 0 Å². The van der Waals surface area contributed by atoms with Crippen LogP contribution in [-0.4, -0.2) is 9.97 Å². The lowest BCUT2D eigenvalue weighted by atomic mass is 10.0. The number of nitrogens with zero attached hydrogens (tertiary/aromatic N) is 2. The van der Waals surface area contributed by atoms with Crippen molar-refractivity contribution in [2.24, 2.45) is 0 Å². The predicted molar refractivity (Wildman–Crippen MR) is 111 cm³/mol. The fraction of sp³-hybridized carbons (Fsp3) is 0.273. The topological polar surface area (TPSA) is 47.0 Å². The lowest BCUT2D eigenvalue weighted by Crippen LogP contribution is -2.12. The van der Waals surface area contributed by atoms with Crippen LogP contribution in [-0.2, 0) is 6.42 Å². The van der Waals surface area contributed by atoms with E-state index in [1.165, 1.54) is 5.56 Å². The zero-order valence-corrected chi connectivity index (χ0v) is 16.6. The molecule has 1 unspecified atom stereocenters. The fourth-order valence-electron chi connectivity index (χ4n) is 2.88. The molecule has 3 rings (SSSR count). The number of hydrogen-bond acceptors (Lipinski definition) is 4. The molecular weight excluding hydrogens is 358 g/mol. The highest BCUT2D eigenvalue weighted by molar-refractivity contribution is 6.33. The molecule has 0 spiro atoms.